The van der Waals surface area contributed by atoms with Gasteiger partial charge < -0.3 is 9.80 Å². The van der Waals surface area contributed by atoms with E-state index < -0.39 is 9.84 Å². The van der Waals surface area contributed by atoms with Crippen LogP contribution in [0.3, 0.4) is 0 Å². The lowest BCUT2D eigenvalue weighted by Crippen LogP contribution is -2.55. The highest BCUT2D eigenvalue weighted by atomic mass is 32.2. The molecule has 2 amide bonds. The van der Waals surface area contributed by atoms with Crippen molar-refractivity contribution in [2.45, 2.75) is 30.8 Å². The van der Waals surface area contributed by atoms with Gasteiger partial charge in [0.15, 0.2) is 9.84 Å². The van der Waals surface area contributed by atoms with Crippen LogP contribution in [0.25, 0.3) is 11.1 Å². The number of anilines is 2. The minimum Gasteiger partial charge on any atom is -0.307 e. The number of benzene rings is 2. The number of hydrogen-bond acceptors (Lipinski definition) is 7. The van der Waals surface area contributed by atoms with E-state index in [1.165, 1.54) is 25.1 Å². The van der Waals surface area contributed by atoms with Crippen LogP contribution in [0.4, 0.5) is 11.4 Å². The Morgan fingerprint density at radius 2 is 1.74 bits per heavy atom. The predicted molar refractivity (Wildman–Crippen MR) is 122 cm³/mol. The molecular formula is C21H24N4O4S2. The normalized spacial score (nSPS) is 21.1. The molecule has 2 aromatic rings. The standard InChI is InChI=1S/C21H24N4O4S2/c1-13-11-24(21(27)18-12-30-23-22-18)20-10-16(6-9-19(20)25(13)14(2)26)15-4-7-17(8-5-15)31(3,28)29/h4-10,13,18,22-23H,11-12H2,1-3H3. The van der Waals surface area contributed by atoms with Crippen molar-refractivity contribution in [2.24, 2.45) is 0 Å². The first-order chi connectivity index (χ1) is 14.7. The van der Waals surface area contributed by atoms with E-state index in [1.54, 1.807) is 34.1 Å². The number of amides is 2. The lowest BCUT2D eigenvalue weighted by atomic mass is 10.00. The quantitative estimate of drug-likeness (QED) is 0.676. The summed E-state index contributed by atoms with van der Waals surface area (Å²) in [5, 5.41) is 0. The van der Waals surface area contributed by atoms with Gasteiger partial charge in [0.25, 0.3) is 0 Å². The molecule has 2 unspecified atom stereocenters. The highest BCUT2D eigenvalue weighted by Crippen LogP contribution is 2.39. The lowest BCUT2D eigenvalue weighted by Gasteiger charge is -2.41. The predicted octanol–water partition coefficient (Wildman–Crippen LogP) is 1.97. The largest absolute Gasteiger partial charge is 0.307 e. The lowest BCUT2D eigenvalue weighted by molar-refractivity contribution is -0.121. The van der Waals surface area contributed by atoms with E-state index in [2.05, 4.69) is 10.3 Å². The number of rotatable bonds is 3. The molecule has 0 bridgehead atoms. The molecule has 2 atom stereocenters. The van der Waals surface area contributed by atoms with Crippen molar-refractivity contribution in [2.75, 3.05) is 28.4 Å². The SMILES string of the molecule is CC(=O)N1c2ccc(-c3ccc(S(C)(=O)=O)cc3)cc2N(C(=O)C2CSNN2)CC1C. The van der Waals surface area contributed by atoms with Gasteiger partial charge in [0.1, 0.15) is 6.04 Å². The van der Waals surface area contributed by atoms with Crippen LogP contribution in [-0.2, 0) is 19.4 Å². The van der Waals surface area contributed by atoms with Gasteiger partial charge in [-0.15, -0.1) is 0 Å². The number of fused-ring (bicyclic) bond motifs is 1. The van der Waals surface area contributed by atoms with E-state index in [4.69, 9.17) is 0 Å². The van der Waals surface area contributed by atoms with Gasteiger partial charge in [-0.3, -0.25) is 9.59 Å². The van der Waals surface area contributed by atoms with Crippen molar-refractivity contribution in [1.82, 2.24) is 10.3 Å². The first-order valence-corrected chi connectivity index (χ1v) is 12.7. The summed E-state index contributed by atoms with van der Waals surface area (Å²) >= 11 is 1.44. The molecule has 2 aromatic carbocycles. The molecule has 0 saturated carbocycles. The summed E-state index contributed by atoms with van der Waals surface area (Å²) in [5.41, 5.74) is 6.00. The summed E-state index contributed by atoms with van der Waals surface area (Å²) < 4.78 is 23.5. The molecule has 2 N–H and O–H groups in total. The third kappa shape index (κ3) is 4.20. The minimum atomic E-state index is -3.28. The van der Waals surface area contributed by atoms with E-state index in [0.717, 1.165) is 11.1 Å². The molecule has 2 heterocycles. The monoisotopic (exact) mass is 460 g/mol. The summed E-state index contributed by atoms with van der Waals surface area (Å²) in [6.07, 6.45) is 1.17. The number of sulfone groups is 1. The summed E-state index contributed by atoms with van der Waals surface area (Å²) in [7, 11) is -3.28. The van der Waals surface area contributed by atoms with Gasteiger partial charge in [0.05, 0.1) is 22.3 Å². The Balaban J connectivity index is 1.77. The second-order valence-corrected chi connectivity index (χ2v) is 10.6. The molecule has 8 nitrogen and oxygen atoms in total. The Bertz CT molecular complexity index is 1130. The smallest absolute Gasteiger partial charge is 0.246 e. The van der Waals surface area contributed by atoms with E-state index in [0.29, 0.717) is 23.7 Å². The second-order valence-electron chi connectivity index (χ2n) is 7.80. The molecule has 1 fully saturated rings. The first-order valence-electron chi connectivity index (χ1n) is 9.85. The zero-order valence-electron chi connectivity index (χ0n) is 17.5. The molecule has 0 spiro atoms. The zero-order valence-corrected chi connectivity index (χ0v) is 19.1. The van der Waals surface area contributed by atoms with Crippen molar-refractivity contribution in [3.8, 4) is 11.1 Å². The zero-order chi connectivity index (χ0) is 22.3. The Labute approximate surface area is 186 Å². The van der Waals surface area contributed by atoms with Gasteiger partial charge in [-0.05, 0) is 42.3 Å². The van der Waals surface area contributed by atoms with Crippen molar-refractivity contribution in [1.29, 1.82) is 0 Å². The average Bonchev–Trinajstić information content (AvgIpc) is 3.26. The molecule has 10 heteroatoms. The van der Waals surface area contributed by atoms with E-state index in [-0.39, 0.29) is 28.8 Å². The topological polar surface area (TPSA) is 98.8 Å². The van der Waals surface area contributed by atoms with Crippen LogP contribution in [0.5, 0.6) is 0 Å². The minimum absolute atomic E-state index is 0.0571. The summed E-state index contributed by atoms with van der Waals surface area (Å²) in [6.45, 7) is 3.84. The van der Waals surface area contributed by atoms with Crippen molar-refractivity contribution < 1.29 is 18.0 Å². The molecule has 31 heavy (non-hydrogen) atoms. The molecule has 2 aliphatic rings. The highest BCUT2D eigenvalue weighted by molar-refractivity contribution is 7.97. The van der Waals surface area contributed by atoms with Crippen LogP contribution in [0.1, 0.15) is 13.8 Å². The van der Waals surface area contributed by atoms with Gasteiger partial charge in [-0.1, -0.05) is 30.1 Å². The third-order valence-electron chi connectivity index (χ3n) is 5.49. The molecule has 0 aliphatic carbocycles. The molecule has 1 saturated heterocycles. The number of carbonyl (C=O) groups is 2. The molecule has 0 radical (unpaired) electrons. The van der Waals surface area contributed by atoms with E-state index in [9.17, 15) is 18.0 Å². The fourth-order valence-corrected chi connectivity index (χ4v) is 5.32. The molecular weight excluding hydrogens is 436 g/mol. The number of nitrogens with one attached hydrogen (secondary N) is 2. The maximum absolute atomic E-state index is 13.2. The van der Waals surface area contributed by atoms with E-state index in [1.807, 2.05) is 25.1 Å². The van der Waals surface area contributed by atoms with Crippen molar-refractivity contribution in [3.63, 3.8) is 0 Å². The number of hydrogen-bond donors (Lipinski definition) is 2. The Kier molecular flexibility index (Phi) is 5.82. The number of carbonyl (C=O) groups excluding carboxylic acids is 2. The fraction of sp³-hybridized carbons (Fsp3) is 0.333. The maximum atomic E-state index is 13.2. The van der Waals surface area contributed by atoms with Gasteiger partial charge in [0.2, 0.25) is 11.8 Å². The van der Waals surface area contributed by atoms with E-state index >= 15 is 0 Å². The Morgan fingerprint density at radius 3 is 2.32 bits per heavy atom. The van der Waals surface area contributed by atoms with Crippen LogP contribution in [0.15, 0.2) is 47.4 Å². The van der Waals surface area contributed by atoms with Crippen LogP contribution < -0.4 is 20.1 Å². The van der Waals surface area contributed by atoms with Crippen molar-refractivity contribution in [3.05, 3.63) is 42.5 Å². The van der Waals surface area contributed by atoms with Gasteiger partial charge in [-0.2, -0.15) is 0 Å². The van der Waals surface area contributed by atoms with Crippen molar-refractivity contribution >= 4 is 45.0 Å². The van der Waals surface area contributed by atoms with Crippen LogP contribution >= 0.6 is 11.9 Å². The molecule has 0 aromatic heterocycles. The Morgan fingerprint density at radius 1 is 1.06 bits per heavy atom. The van der Waals surface area contributed by atoms with Crippen LogP contribution in [-0.4, -0.2) is 50.9 Å². The summed E-state index contributed by atoms with van der Waals surface area (Å²) in [6, 6.07) is 11.7. The molecule has 164 valence electrons. The highest BCUT2D eigenvalue weighted by Gasteiger charge is 2.37. The third-order valence-corrected chi connectivity index (χ3v) is 7.38. The van der Waals surface area contributed by atoms with Crippen LogP contribution in [0, 0.1) is 0 Å². The summed E-state index contributed by atoms with van der Waals surface area (Å²) in [4.78, 5) is 32.2. The molecule has 4 rings (SSSR count). The average molecular weight is 461 g/mol. The van der Waals surface area contributed by atoms with Crippen LogP contribution in [0.2, 0.25) is 0 Å². The molecule has 2 aliphatic heterocycles. The Hall–Kier alpha value is -2.40. The summed E-state index contributed by atoms with van der Waals surface area (Å²) in [5.74, 6) is 0.475. The second kappa shape index (κ2) is 8.27. The van der Waals surface area contributed by atoms with Gasteiger partial charge in [-0.25, -0.2) is 18.7 Å². The fourth-order valence-electron chi connectivity index (χ4n) is 3.99. The number of hydrazine groups is 1. The first kappa shape index (κ1) is 21.8. The number of nitrogens with zero attached hydrogens (tertiary/aromatic N) is 2. The van der Waals surface area contributed by atoms with Gasteiger partial charge >= 0.3 is 0 Å². The maximum Gasteiger partial charge on any atom is 0.246 e. The van der Waals surface area contributed by atoms with Gasteiger partial charge in [0, 0.05) is 25.5 Å².